The fraction of sp³-hybridized carbons (Fsp3) is 0.844. The molecule has 0 bridgehead atoms. The summed E-state index contributed by atoms with van der Waals surface area (Å²) in [6, 6.07) is 0. The van der Waals surface area contributed by atoms with E-state index in [2.05, 4.69) is 10.6 Å². The van der Waals surface area contributed by atoms with E-state index in [0.717, 1.165) is 6.42 Å². The van der Waals surface area contributed by atoms with E-state index in [1.807, 2.05) is 19.6 Å². The second-order valence-corrected chi connectivity index (χ2v) is 13.0. The van der Waals surface area contributed by atoms with Gasteiger partial charge in [-0.05, 0) is 25.7 Å². The number of hydroxylamine groups is 2. The number of carbonyl (C=O) groups is 5. The van der Waals surface area contributed by atoms with Gasteiger partial charge in [0.2, 0.25) is 11.8 Å². The first kappa shape index (κ1) is 44.3. The number of nitrogens with zero attached hydrogens (tertiary/aromatic N) is 5. The molecule has 0 radical (unpaired) electrons. The molecule has 0 unspecified atom stereocenters. The minimum atomic E-state index is -1.56. The standard InChI is InChI=1S/C32H59N7O12/c40-25(33-11-6-2-4-8-32(50)51-39-27(42)9-10-28(39)43)7-3-1-5-12-34-26(41)21-35-13-15-36(22-29(44)45)17-19-38(24-31(48)49)20-18-37(16-14-35)23-30(46)47/h29-31,44-49H,1-24H2,(H,33,40)(H,34,41). The summed E-state index contributed by atoms with van der Waals surface area (Å²) in [7, 11) is 0. The molecule has 0 aromatic heterocycles. The Labute approximate surface area is 299 Å². The number of nitrogens with one attached hydrogen (secondary N) is 2. The normalized spacial score (nSPS) is 18.0. The smallest absolute Gasteiger partial charge is 0.333 e. The Kier molecular flexibility index (Phi) is 21.9. The molecule has 2 fully saturated rings. The third-order valence-electron chi connectivity index (χ3n) is 8.54. The van der Waals surface area contributed by atoms with Gasteiger partial charge in [-0.1, -0.05) is 12.8 Å². The number of rotatable bonds is 21. The zero-order chi connectivity index (χ0) is 37.6. The van der Waals surface area contributed by atoms with Crippen LogP contribution >= 0.6 is 0 Å². The molecular formula is C32H59N7O12. The molecule has 4 amide bonds. The van der Waals surface area contributed by atoms with E-state index in [4.69, 9.17) is 4.84 Å². The molecule has 0 aliphatic carbocycles. The summed E-state index contributed by atoms with van der Waals surface area (Å²) in [5.74, 6) is -1.92. The van der Waals surface area contributed by atoms with E-state index in [0.29, 0.717) is 109 Å². The molecule has 8 N–H and O–H groups in total. The van der Waals surface area contributed by atoms with Crippen molar-refractivity contribution in [3.63, 3.8) is 0 Å². The van der Waals surface area contributed by atoms with Crippen LogP contribution in [0.3, 0.4) is 0 Å². The van der Waals surface area contributed by atoms with Gasteiger partial charge in [0.15, 0.2) is 18.9 Å². The second kappa shape index (κ2) is 25.2. The summed E-state index contributed by atoms with van der Waals surface area (Å²) in [6.45, 7) is 4.33. The van der Waals surface area contributed by atoms with Crippen LogP contribution in [0.4, 0.5) is 0 Å². The highest BCUT2D eigenvalue weighted by Gasteiger charge is 2.32. The van der Waals surface area contributed by atoms with Crippen LogP contribution in [0.2, 0.25) is 0 Å². The SMILES string of the molecule is O=C(CCCCCNC(=O)CN1CCN(CC(O)O)CCN(CC(O)O)CCN(CC(O)O)CC1)NCCCCCC(=O)ON1C(=O)CCC1=O. The van der Waals surface area contributed by atoms with Gasteiger partial charge in [-0.3, -0.25) is 38.8 Å². The summed E-state index contributed by atoms with van der Waals surface area (Å²) in [5.41, 5.74) is 0. The van der Waals surface area contributed by atoms with Crippen molar-refractivity contribution in [1.82, 2.24) is 35.3 Å². The Morgan fingerprint density at radius 1 is 0.549 bits per heavy atom. The number of hydrogen-bond donors (Lipinski definition) is 8. The fourth-order valence-electron chi connectivity index (χ4n) is 5.74. The number of β-amino-alcohol motifs (C(OH)–C–C–N with tert-alkyl or cyclic N) is 6. The third-order valence-corrected chi connectivity index (χ3v) is 8.54. The number of carbonyl (C=O) groups excluding carboxylic acids is 5. The van der Waals surface area contributed by atoms with Gasteiger partial charge >= 0.3 is 5.97 Å². The molecule has 2 rings (SSSR count). The molecule has 2 saturated heterocycles. The summed E-state index contributed by atoms with van der Waals surface area (Å²) in [4.78, 5) is 72.0. The highest BCUT2D eigenvalue weighted by atomic mass is 16.7. The first-order chi connectivity index (χ1) is 24.3. The van der Waals surface area contributed by atoms with Crippen LogP contribution < -0.4 is 10.6 Å². The molecule has 0 saturated carbocycles. The van der Waals surface area contributed by atoms with Crippen LogP contribution in [-0.2, 0) is 28.8 Å². The Morgan fingerprint density at radius 3 is 1.37 bits per heavy atom. The molecule has 0 aromatic carbocycles. The predicted octanol–water partition coefficient (Wildman–Crippen LogP) is -3.90. The minimum Gasteiger partial charge on any atom is -0.367 e. The van der Waals surface area contributed by atoms with Gasteiger partial charge in [-0.2, -0.15) is 0 Å². The topological polar surface area (TPSA) is 256 Å². The van der Waals surface area contributed by atoms with Crippen LogP contribution in [0.15, 0.2) is 0 Å². The molecule has 2 heterocycles. The van der Waals surface area contributed by atoms with E-state index in [-0.39, 0.29) is 57.3 Å². The molecule has 51 heavy (non-hydrogen) atoms. The predicted molar refractivity (Wildman–Crippen MR) is 181 cm³/mol. The van der Waals surface area contributed by atoms with Gasteiger partial charge in [-0.15, -0.1) is 5.06 Å². The van der Waals surface area contributed by atoms with Crippen molar-refractivity contribution in [3.05, 3.63) is 0 Å². The molecule has 19 heteroatoms. The molecule has 19 nitrogen and oxygen atoms in total. The van der Waals surface area contributed by atoms with Crippen LogP contribution in [0.25, 0.3) is 0 Å². The maximum absolute atomic E-state index is 12.8. The Bertz CT molecular complexity index is 1030. The number of aliphatic hydroxyl groups excluding tert-OH is 3. The first-order valence-electron chi connectivity index (χ1n) is 17.9. The number of hydrogen-bond acceptors (Lipinski definition) is 16. The van der Waals surface area contributed by atoms with E-state index >= 15 is 0 Å². The third kappa shape index (κ3) is 20.7. The van der Waals surface area contributed by atoms with Crippen molar-refractivity contribution in [2.75, 3.05) is 91.6 Å². The average Bonchev–Trinajstić information content (AvgIpc) is 3.36. The lowest BCUT2D eigenvalue weighted by Crippen LogP contribution is -2.50. The zero-order valence-electron chi connectivity index (χ0n) is 29.6. The summed E-state index contributed by atoms with van der Waals surface area (Å²) < 4.78 is 0. The van der Waals surface area contributed by atoms with E-state index in [1.54, 1.807) is 0 Å². The molecule has 0 aromatic rings. The van der Waals surface area contributed by atoms with Crippen LogP contribution in [0, 0.1) is 0 Å². The van der Waals surface area contributed by atoms with E-state index in [1.165, 1.54) is 0 Å². The fourth-order valence-corrected chi connectivity index (χ4v) is 5.74. The molecule has 2 aliphatic heterocycles. The molecule has 294 valence electrons. The van der Waals surface area contributed by atoms with Crippen LogP contribution in [-0.4, -0.2) is 195 Å². The zero-order valence-corrected chi connectivity index (χ0v) is 29.6. The van der Waals surface area contributed by atoms with Gasteiger partial charge in [0.05, 0.1) is 6.54 Å². The lowest BCUT2D eigenvalue weighted by molar-refractivity contribution is -0.197. The summed E-state index contributed by atoms with van der Waals surface area (Å²) in [6.07, 6.45) is -0.230. The Balaban J connectivity index is 1.65. The van der Waals surface area contributed by atoms with Crippen molar-refractivity contribution in [3.8, 4) is 0 Å². The molecule has 0 spiro atoms. The maximum Gasteiger partial charge on any atom is 0.333 e. The first-order valence-corrected chi connectivity index (χ1v) is 17.9. The molecule has 2 aliphatic rings. The Hall–Kier alpha value is -2.85. The van der Waals surface area contributed by atoms with Gasteiger partial charge in [0.1, 0.15) is 0 Å². The van der Waals surface area contributed by atoms with E-state index < -0.39 is 36.7 Å². The number of unbranched alkanes of at least 4 members (excludes halogenated alkanes) is 4. The summed E-state index contributed by atoms with van der Waals surface area (Å²) in [5, 5.41) is 63.6. The van der Waals surface area contributed by atoms with Crippen LogP contribution in [0.5, 0.6) is 0 Å². The van der Waals surface area contributed by atoms with Gasteiger partial charge in [-0.25, -0.2) is 4.79 Å². The minimum absolute atomic E-state index is 0.00913. The van der Waals surface area contributed by atoms with Crippen molar-refractivity contribution in [2.24, 2.45) is 0 Å². The average molecular weight is 734 g/mol. The number of imide groups is 1. The largest absolute Gasteiger partial charge is 0.367 e. The maximum atomic E-state index is 12.8. The molecule has 0 atom stereocenters. The Morgan fingerprint density at radius 2 is 0.941 bits per heavy atom. The van der Waals surface area contributed by atoms with Crippen molar-refractivity contribution >= 4 is 29.6 Å². The number of aliphatic hydroxyl groups is 6. The van der Waals surface area contributed by atoms with Crippen LogP contribution in [0.1, 0.15) is 64.2 Å². The van der Waals surface area contributed by atoms with Crippen molar-refractivity contribution in [1.29, 1.82) is 0 Å². The van der Waals surface area contributed by atoms with Gasteiger partial charge in [0, 0.05) is 111 Å². The lowest BCUT2D eigenvalue weighted by atomic mass is 10.1. The second-order valence-electron chi connectivity index (χ2n) is 13.0. The lowest BCUT2D eigenvalue weighted by Gasteiger charge is -2.34. The quantitative estimate of drug-likeness (QED) is 0.0319. The van der Waals surface area contributed by atoms with Gasteiger partial charge < -0.3 is 46.1 Å². The van der Waals surface area contributed by atoms with E-state index in [9.17, 15) is 54.6 Å². The highest BCUT2D eigenvalue weighted by Crippen LogP contribution is 2.13. The van der Waals surface area contributed by atoms with Gasteiger partial charge in [0.25, 0.3) is 11.8 Å². The van der Waals surface area contributed by atoms with Crippen molar-refractivity contribution in [2.45, 2.75) is 83.1 Å². The highest BCUT2D eigenvalue weighted by molar-refractivity contribution is 6.01. The number of amides is 4. The van der Waals surface area contributed by atoms with Crippen molar-refractivity contribution < 1.29 is 59.4 Å². The summed E-state index contributed by atoms with van der Waals surface area (Å²) >= 11 is 0. The molecular weight excluding hydrogens is 674 g/mol. The monoisotopic (exact) mass is 733 g/mol.